The van der Waals surface area contributed by atoms with Gasteiger partial charge in [-0.2, -0.15) is 0 Å². The fourth-order valence-electron chi connectivity index (χ4n) is 6.49. The number of likely N-dealkylation sites (tertiary alicyclic amines) is 1. The quantitative estimate of drug-likeness (QED) is 0.640. The second kappa shape index (κ2) is 8.26. The van der Waals surface area contributed by atoms with Crippen molar-refractivity contribution >= 4 is 11.7 Å². The third-order valence-corrected chi connectivity index (χ3v) is 8.61. The van der Waals surface area contributed by atoms with Crippen LogP contribution < -0.4 is 9.64 Å². The predicted molar refractivity (Wildman–Crippen MR) is 131 cm³/mol. The van der Waals surface area contributed by atoms with Crippen molar-refractivity contribution in [3.8, 4) is 5.75 Å². The maximum atomic E-state index is 13.3. The Bertz CT molecular complexity index is 1070. The Morgan fingerprint density at radius 2 is 1.82 bits per heavy atom. The van der Waals surface area contributed by atoms with Gasteiger partial charge in [-0.05, 0) is 69.6 Å². The van der Waals surface area contributed by atoms with E-state index < -0.39 is 0 Å². The minimum atomic E-state index is -0.275. The zero-order valence-corrected chi connectivity index (χ0v) is 20.3. The van der Waals surface area contributed by atoms with E-state index in [2.05, 4.69) is 41.9 Å². The summed E-state index contributed by atoms with van der Waals surface area (Å²) in [6, 6.07) is 12.1. The molecule has 4 aliphatic heterocycles. The Kier molecular flexibility index (Phi) is 5.32. The Hall–Kier alpha value is -2.60. The molecule has 0 N–H and O–H groups in total. The van der Waals surface area contributed by atoms with Crippen LogP contribution in [0.15, 0.2) is 42.6 Å². The van der Waals surface area contributed by atoms with Crippen LogP contribution in [0.2, 0.25) is 0 Å². The average molecular weight is 462 g/mol. The van der Waals surface area contributed by atoms with Gasteiger partial charge in [-0.25, -0.2) is 4.98 Å². The van der Waals surface area contributed by atoms with Crippen molar-refractivity contribution in [1.29, 1.82) is 0 Å². The van der Waals surface area contributed by atoms with Crippen LogP contribution in [-0.2, 0) is 4.74 Å². The van der Waals surface area contributed by atoms with Crippen LogP contribution in [0.3, 0.4) is 0 Å². The Balaban J connectivity index is 1.14. The Labute approximate surface area is 202 Å². The first-order chi connectivity index (χ1) is 16.4. The summed E-state index contributed by atoms with van der Waals surface area (Å²) in [6.45, 7) is 8.77. The van der Waals surface area contributed by atoms with Gasteiger partial charge in [-0.1, -0.05) is 18.2 Å². The molecule has 34 heavy (non-hydrogen) atoms. The van der Waals surface area contributed by atoms with Crippen molar-refractivity contribution in [3.63, 3.8) is 0 Å². The van der Waals surface area contributed by atoms with Crippen LogP contribution >= 0.6 is 0 Å². The molecule has 6 rings (SSSR count). The van der Waals surface area contributed by atoms with Crippen LogP contribution in [0, 0.1) is 11.3 Å². The monoisotopic (exact) mass is 461 g/mol. The molecular formula is C28H35N3O3. The van der Waals surface area contributed by atoms with Crippen LogP contribution in [0.1, 0.15) is 68.0 Å². The van der Waals surface area contributed by atoms with Gasteiger partial charge in [0.25, 0.3) is 5.91 Å². The van der Waals surface area contributed by atoms with E-state index in [1.54, 1.807) is 6.20 Å². The van der Waals surface area contributed by atoms with E-state index in [-0.39, 0.29) is 23.0 Å². The van der Waals surface area contributed by atoms with E-state index in [1.165, 1.54) is 18.4 Å². The number of benzene rings is 1. The smallest absolute Gasteiger partial charge is 0.254 e. The van der Waals surface area contributed by atoms with Crippen molar-refractivity contribution in [3.05, 3.63) is 53.7 Å². The summed E-state index contributed by atoms with van der Waals surface area (Å²) >= 11 is 0. The maximum absolute atomic E-state index is 13.3. The summed E-state index contributed by atoms with van der Waals surface area (Å²) in [5.74, 6) is 2.32. The number of carbonyl (C=O) groups excluding carboxylic acids is 1. The number of fused-ring (bicyclic) bond motifs is 3. The van der Waals surface area contributed by atoms with Gasteiger partial charge < -0.3 is 19.3 Å². The fraction of sp³-hybridized carbons (Fsp3) is 0.571. The number of piperidine rings is 1. The van der Waals surface area contributed by atoms with Crippen molar-refractivity contribution in [1.82, 2.24) is 9.88 Å². The summed E-state index contributed by atoms with van der Waals surface area (Å²) < 4.78 is 13.0. The molecule has 6 nitrogen and oxygen atoms in total. The summed E-state index contributed by atoms with van der Waals surface area (Å²) in [6.07, 6.45) is 7.30. The molecule has 180 valence electrons. The average Bonchev–Trinajstić information content (AvgIpc) is 3.39. The molecule has 2 atom stereocenters. The topological polar surface area (TPSA) is 54.9 Å². The van der Waals surface area contributed by atoms with Gasteiger partial charge in [-0.3, -0.25) is 4.79 Å². The van der Waals surface area contributed by atoms with Gasteiger partial charge in [0.15, 0.2) is 0 Å². The van der Waals surface area contributed by atoms with E-state index in [1.807, 2.05) is 23.1 Å². The van der Waals surface area contributed by atoms with E-state index in [0.29, 0.717) is 5.92 Å². The highest BCUT2D eigenvalue weighted by Crippen LogP contribution is 2.55. The molecule has 0 radical (unpaired) electrons. The molecule has 1 aromatic carbocycles. The minimum absolute atomic E-state index is 0.0889. The molecule has 0 aliphatic carbocycles. The van der Waals surface area contributed by atoms with Gasteiger partial charge >= 0.3 is 0 Å². The van der Waals surface area contributed by atoms with Gasteiger partial charge in [-0.15, -0.1) is 0 Å². The van der Waals surface area contributed by atoms with E-state index in [4.69, 9.17) is 9.47 Å². The molecule has 1 amide bonds. The zero-order valence-electron chi connectivity index (χ0n) is 20.3. The first kappa shape index (κ1) is 21.9. The Morgan fingerprint density at radius 1 is 1.06 bits per heavy atom. The molecule has 0 unspecified atom stereocenters. The number of para-hydroxylation sites is 1. The molecule has 5 heterocycles. The van der Waals surface area contributed by atoms with E-state index in [9.17, 15) is 4.79 Å². The molecule has 3 fully saturated rings. The molecule has 0 bridgehead atoms. The number of aromatic nitrogens is 1. The van der Waals surface area contributed by atoms with Gasteiger partial charge in [0.05, 0.1) is 12.7 Å². The third-order valence-electron chi connectivity index (χ3n) is 8.61. The number of rotatable bonds is 2. The van der Waals surface area contributed by atoms with E-state index in [0.717, 1.165) is 69.2 Å². The SMILES string of the molecule is CC1(C)Oc2ccccc2[C@H]2OCC3(CCN(C(=O)c4ccnc(N5CCCC5)c4)CC3)C[C@@H]21. The molecule has 0 saturated carbocycles. The molecule has 2 aromatic rings. The molecule has 6 heteroatoms. The highest BCUT2D eigenvalue weighted by molar-refractivity contribution is 5.95. The fourth-order valence-corrected chi connectivity index (χ4v) is 6.49. The van der Waals surface area contributed by atoms with Gasteiger partial charge in [0.1, 0.15) is 17.2 Å². The lowest BCUT2D eigenvalue weighted by molar-refractivity contribution is -0.173. The third kappa shape index (κ3) is 3.76. The normalized spacial score (nSPS) is 27.1. The summed E-state index contributed by atoms with van der Waals surface area (Å²) in [4.78, 5) is 22.2. The van der Waals surface area contributed by atoms with Crippen molar-refractivity contribution in [2.45, 2.75) is 57.7 Å². The number of hydrogen-bond donors (Lipinski definition) is 0. The van der Waals surface area contributed by atoms with Crippen molar-refractivity contribution < 1.29 is 14.3 Å². The highest BCUT2D eigenvalue weighted by Gasteiger charge is 2.52. The number of nitrogens with zero attached hydrogens (tertiary/aromatic N) is 3. The molecule has 1 aromatic heterocycles. The van der Waals surface area contributed by atoms with Crippen LogP contribution in [-0.4, -0.2) is 54.2 Å². The molecule has 4 aliphatic rings. The first-order valence-corrected chi connectivity index (χ1v) is 12.8. The minimum Gasteiger partial charge on any atom is -0.487 e. The number of amides is 1. The molecular weight excluding hydrogens is 426 g/mol. The number of anilines is 1. The summed E-state index contributed by atoms with van der Waals surface area (Å²) in [5.41, 5.74) is 1.78. The molecule has 3 saturated heterocycles. The van der Waals surface area contributed by atoms with E-state index >= 15 is 0 Å². The predicted octanol–water partition coefficient (Wildman–Crippen LogP) is 4.85. The number of hydrogen-bond acceptors (Lipinski definition) is 5. The lowest BCUT2D eigenvalue weighted by Gasteiger charge is -2.54. The number of ether oxygens (including phenoxy) is 2. The second-order valence-electron chi connectivity index (χ2n) is 11.2. The second-order valence-corrected chi connectivity index (χ2v) is 11.2. The Morgan fingerprint density at radius 3 is 2.62 bits per heavy atom. The van der Waals surface area contributed by atoms with Crippen molar-refractivity contribution in [2.24, 2.45) is 11.3 Å². The summed E-state index contributed by atoms with van der Waals surface area (Å²) in [5, 5.41) is 0. The number of carbonyl (C=O) groups is 1. The van der Waals surface area contributed by atoms with Crippen LogP contribution in [0.4, 0.5) is 5.82 Å². The summed E-state index contributed by atoms with van der Waals surface area (Å²) in [7, 11) is 0. The maximum Gasteiger partial charge on any atom is 0.254 e. The van der Waals surface area contributed by atoms with Crippen LogP contribution in [0.5, 0.6) is 5.75 Å². The van der Waals surface area contributed by atoms with Gasteiger partial charge in [0.2, 0.25) is 0 Å². The van der Waals surface area contributed by atoms with Crippen LogP contribution in [0.25, 0.3) is 0 Å². The lowest BCUT2D eigenvalue weighted by atomic mass is 9.64. The van der Waals surface area contributed by atoms with Crippen molar-refractivity contribution in [2.75, 3.05) is 37.7 Å². The molecule has 1 spiro atoms. The number of pyridine rings is 1. The highest BCUT2D eigenvalue weighted by atomic mass is 16.5. The van der Waals surface area contributed by atoms with Gasteiger partial charge in [0, 0.05) is 49.4 Å². The largest absolute Gasteiger partial charge is 0.487 e. The lowest BCUT2D eigenvalue weighted by Crippen LogP contribution is -2.54. The first-order valence-electron chi connectivity index (χ1n) is 12.8. The standard InChI is InChI=1S/C28H35N3O3/c1-27(2)22-18-28(19-33-25(22)21-7-3-4-8-23(21)34-27)10-15-31(16-11-28)26(32)20-9-12-29-24(17-20)30-13-5-6-14-30/h3-4,7-9,12,17,22,25H,5-6,10-11,13-16,18-19H2,1-2H3/t22-,25+/m0/s1. The zero-order chi connectivity index (χ0) is 23.3.